The largest absolute Gasteiger partial charge is 0.261 e. The van der Waals surface area contributed by atoms with Crippen molar-refractivity contribution in [1.82, 2.24) is 3.53 Å². The highest BCUT2D eigenvalue weighted by Crippen LogP contribution is 1.70. The van der Waals surface area contributed by atoms with E-state index in [0.29, 0.717) is 6.54 Å². The van der Waals surface area contributed by atoms with E-state index in [2.05, 4.69) is 13.6 Å². The van der Waals surface area contributed by atoms with Crippen molar-refractivity contribution in [3.8, 4) is 0 Å². The van der Waals surface area contributed by atoms with Gasteiger partial charge in [-0.2, -0.15) is 0 Å². The Bertz CT molecular complexity index is 75.8. The van der Waals surface area contributed by atoms with Gasteiger partial charge in [0, 0.05) is 40.9 Å². The molecule has 5 heteroatoms. The first-order chi connectivity index (χ1) is 3.41. The molecule has 0 heterocycles. The predicted molar refractivity (Wildman–Crippen MR) is 36.0 cm³/mol. The van der Waals surface area contributed by atoms with Crippen molar-refractivity contribution in [2.24, 2.45) is 5.11 Å². The van der Waals surface area contributed by atoms with Gasteiger partial charge in [0.25, 0.3) is 0 Å². The highest BCUT2D eigenvalue weighted by atomic mass is 127. The van der Waals surface area contributed by atoms with Crippen molar-refractivity contribution in [2.45, 2.75) is 0 Å². The van der Waals surface area contributed by atoms with E-state index in [4.69, 9.17) is 5.53 Å². The molecular weight excluding hydrogens is 207 g/mol. The summed E-state index contributed by atoms with van der Waals surface area (Å²) in [5, 5.41) is 3.27. The molecule has 0 fully saturated rings. The Kier molecular flexibility index (Phi) is 6.00. The van der Waals surface area contributed by atoms with Crippen LogP contribution in [0.2, 0.25) is 0 Å². The molecule has 0 rings (SSSR count). The van der Waals surface area contributed by atoms with E-state index in [1.54, 1.807) is 0 Å². The van der Waals surface area contributed by atoms with Gasteiger partial charge in [-0.05, 0) is 5.53 Å². The summed E-state index contributed by atoms with van der Waals surface area (Å²) in [6.45, 7) is 1.27. The SMILES string of the molecule is [N-]=[N+]=NCCNI. The van der Waals surface area contributed by atoms with Crippen molar-refractivity contribution in [3.05, 3.63) is 10.4 Å². The molecule has 0 unspecified atom stereocenters. The lowest BCUT2D eigenvalue weighted by Gasteiger charge is -1.83. The summed E-state index contributed by atoms with van der Waals surface area (Å²) in [5.41, 5.74) is 7.72. The quantitative estimate of drug-likeness (QED) is 0.187. The maximum absolute atomic E-state index is 7.72. The molecule has 0 amide bonds. The predicted octanol–water partition coefficient (Wildman–Crippen LogP) is 1.24. The Morgan fingerprint density at radius 1 is 1.86 bits per heavy atom. The number of hydrogen-bond acceptors (Lipinski definition) is 2. The summed E-state index contributed by atoms with van der Waals surface area (Å²) in [6, 6.07) is 0. The van der Waals surface area contributed by atoms with E-state index in [9.17, 15) is 0 Å². The van der Waals surface area contributed by atoms with E-state index in [0.717, 1.165) is 6.54 Å². The van der Waals surface area contributed by atoms with Crippen LogP contribution in [0.15, 0.2) is 5.11 Å². The number of rotatable bonds is 3. The molecule has 0 atom stereocenters. The van der Waals surface area contributed by atoms with Gasteiger partial charge in [0.2, 0.25) is 0 Å². The molecule has 0 radical (unpaired) electrons. The molecule has 40 valence electrons. The summed E-state index contributed by atoms with van der Waals surface area (Å²) in [6.07, 6.45) is 0. The molecule has 0 spiro atoms. The maximum atomic E-state index is 7.72. The zero-order valence-corrected chi connectivity index (χ0v) is 5.79. The van der Waals surface area contributed by atoms with Crippen LogP contribution in [0.4, 0.5) is 0 Å². The van der Waals surface area contributed by atoms with Gasteiger partial charge >= 0.3 is 0 Å². The summed E-state index contributed by atoms with van der Waals surface area (Å²) in [5.74, 6) is 0. The van der Waals surface area contributed by atoms with E-state index in [-0.39, 0.29) is 0 Å². The fourth-order valence-electron chi connectivity index (χ4n) is 0.137. The first kappa shape index (κ1) is 7.00. The van der Waals surface area contributed by atoms with Gasteiger partial charge in [0.05, 0.1) is 0 Å². The van der Waals surface area contributed by atoms with Crippen LogP contribution in [0, 0.1) is 0 Å². The zero-order valence-electron chi connectivity index (χ0n) is 3.63. The minimum atomic E-state index is 0.527. The highest BCUT2D eigenvalue weighted by molar-refractivity contribution is 14.1. The molecule has 0 aliphatic rings. The summed E-state index contributed by atoms with van der Waals surface area (Å²) in [7, 11) is 0. The summed E-state index contributed by atoms with van der Waals surface area (Å²) in [4.78, 5) is 2.55. The third-order valence-electron chi connectivity index (χ3n) is 0.370. The molecule has 0 aliphatic carbocycles. The smallest absolute Gasteiger partial charge is 0.0391 e. The monoisotopic (exact) mass is 212 g/mol. The molecule has 0 aromatic carbocycles. The van der Waals surface area contributed by atoms with E-state index >= 15 is 0 Å². The van der Waals surface area contributed by atoms with Crippen LogP contribution in [0.25, 0.3) is 10.4 Å². The molecule has 0 aliphatic heterocycles. The number of nitrogens with one attached hydrogen (secondary N) is 1. The van der Waals surface area contributed by atoms with Crippen LogP contribution in [-0.2, 0) is 0 Å². The van der Waals surface area contributed by atoms with Crippen molar-refractivity contribution >= 4 is 22.9 Å². The fourth-order valence-corrected chi connectivity index (χ4v) is 0.378. The van der Waals surface area contributed by atoms with Gasteiger partial charge < -0.3 is 0 Å². The molecule has 4 nitrogen and oxygen atoms in total. The van der Waals surface area contributed by atoms with Crippen molar-refractivity contribution in [3.63, 3.8) is 0 Å². The van der Waals surface area contributed by atoms with Gasteiger partial charge in [-0.15, -0.1) is 0 Å². The third kappa shape index (κ3) is 6.00. The Labute approximate surface area is 55.4 Å². The first-order valence-electron chi connectivity index (χ1n) is 1.76. The standard InChI is InChI=1S/C2H5IN4/c3-5-1-2-6-7-4/h5H,1-2H2. The van der Waals surface area contributed by atoms with Crippen LogP contribution in [0.3, 0.4) is 0 Å². The van der Waals surface area contributed by atoms with Crippen molar-refractivity contribution < 1.29 is 0 Å². The number of azide groups is 1. The van der Waals surface area contributed by atoms with Gasteiger partial charge in [0.15, 0.2) is 0 Å². The lowest BCUT2D eigenvalue weighted by Crippen LogP contribution is -2.01. The average Bonchev–Trinajstić information content (AvgIpc) is 1.69. The summed E-state index contributed by atoms with van der Waals surface area (Å²) >= 11 is 1.99. The van der Waals surface area contributed by atoms with Gasteiger partial charge in [0.1, 0.15) is 0 Å². The zero-order chi connectivity index (χ0) is 5.54. The number of nitrogens with zero attached hydrogens (tertiary/aromatic N) is 3. The Hall–Kier alpha value is 0. The molecule has 7 heavy (non-hydrogen) atoms. The van der Waals surface area contributed by atoms with Crippen LogP contribution in [0.1, 0.15) is 0 Å². The Morgan fingerprint density at radius 2 is 2.57 bits per heavy atom. The minimum Gasteiger partial charge on any atom is -0.261 e. The Balaban J connectivity index is 2.83. The summed E-state index contributed by atoms with van der Waals surface area (Å²) < 4.78 is 2.81. The van der Waals surface area contributed by atoms with E-state index < -0.39 is 0 Å². The third-order valence-corrected chi connectivity index (χ3v) is 0.909. The van der Waals surface area contributed by atoms with Crippen LogP contribution < -0.4 is 3.53 Å². The number of halogens is 1. The van der Waals surface area contributed by atoms with Crippen LogP contribution >= 0.6 is 22.9 Å². The lowest BCUT2D eigenvalue weighted by atomic mass is 10.7. The minimum absolute atomic E-state index is 0.527. The first-order valence-corrected chi connectivity index (χ1v) is 2.84. The average molecular weight is 212 g/mol. The highest BCUT2D eigenvalue weighted by Gasteiger charge is 1.73. The van der Waals surface area contributed by atoms with E-state index in [1.165, 1.54) is 0 Å². The Morgan fingerprint density at radius 3 is 3.00 bits per heavy atom. The second-order valence-electron chi connectivity index (χ2n) is 0.838. The van der Waals surface area contributed by atoms with Gasteiger partial charge in [-0.1, -0.05) is 5.11 Å². The molecule has 0 saturated carbocycles. The molecule has 0 aromatic rings. The molecule has 0 saturated heterocycles. The second kappa shape index (κ2) is 6.00. The van der Waals surface area contributed by atoms with Gasteiger partial charge in [-0.25, -0.2) is 0 Å². The number of hydrogen-bond donors (Lipinski definition) is 1. The molecular formula is C2H5IN4. The van der Waals surface area contributed by atoms with Gasteiger partial charge in [-0.3, -0.25) is 3.53 Å². The molecule has 0 bridgehead atoms. The van der Waals surface area contributed by atoms with Crippen molar-refractivity contribution in [1.29, 1.82) is 0 Å². The molecule has 1 N–H and O–H groups in total. The lowest BCUT2D eigenvalue weighted by molar-refractivity contribution is 0.931. The second-order valence-corrected chi connectivity index (χ2v) is 1.60. The maximum Gasteiger partial charge on any atom is 0.0391 e. The topological polar surface area (TPSA) is 60.8 Å². The normalized spacial score (nSPS) is 7.57. The van der Waals surface area contributed by atoms with Crippen molar-refractivity contribution in [2.75, 3.05) is 13.1 Å². The molecule has 0 aromatic heterocycles. The van der Waals surface area contributed by atoms with Crippen LogP contribution in [0.5, 0.6) is 0 Å². The van der Waals surface area contributed by atoms with Crippen LogP contribution in [-0.4, -0.2) is 13.1 Å². The van der Waals surface area contributed by atoms with E-state index in [1.807, 2.05) is 22.9 Å². The fraction of sp³-hybridized carbons (Fsp3) is 1.00.